The molecule has 6 heteroatoms. The number of benzene rings is 2. The second kappa shape index (κ2) is 7.62. The molecule has 3 rings (SSSR count). The third-order valence-corrected chi connectivity index (χ3v) is 4.24. The summed E-state index contributed by atoms with van der Waals surface area (Å²) in [6.45, 7) is 0. The molecule has 3 N–H and O–H groups in total. The van der Waals surface area contributed by atoms with Crippen molar-refractivity contribution in [1.29, 1.82) is 5.26 Å². The molecular formula is C20H18N4O2. The van der Waals surface area contributed by atoms with Crippen molar-refractivity contribution in [2.75, 3.05) is 0 Å². The lowest BCUT2D eigenvalue weighted by Crippen LogP contribution is -2.44. The molecule has 6 nitrogen and oxygen atoms in total. The largest absolute Gasteiger partial charge is 0.368 e. The lowest BCUT2D eigenvalue weighted by atomic mass is 10.0. The van der Waals surface area contributed by atoms with Crippen LogP contribution in [0.1, 0.15) is 29.6 Å². The van der Waals surface area contributed by atoms with E-state index in [1.54, 1.807) is 0 Å². The van der Waals surface area contributed by atoms with Crippen LogP contribution in [0, 0.1) is 11.3 Å². The summed E-state index contributed by atoms with van der Waals surface area (Å²) in [4.78, 5) is 29.3. The fourth-order valence-electron chi connectivity index (χ4n) is 2.99. The zero-order valence-electron chi connectivity index (χ0n) is 14.1. The van der Waals surface area contributed by atoms with Crippen molar-refractivity contribution in [3.05, 3.63) is 54.1 Å². The van der Waals surface area contributed by atoms with Crippen molar-refractivity contribution in [3.8, 4) is 6.07 Å². The minimum Gasteiger partial charge on any atom is -0.368 e. The molecule has 1 aromatic heterocycles. The molecule has 0 aliphatic rings. The van der Waals surface area contributed by atoms with Crippen LogP contribution < -0.4 is 11.1 Å². The van der Waals surface area contributed by atoms with Crippen LogP contribution in [-0.2, 0) is 4.79 Å². The Morgan fingerprint density at radius 1 is 1.08 bits per heavy atom. The Bertz CT molecular complexity index is 969. The Balaban J connectivity index is 2.03. The number of pyridine rings is 1. The molecule has 26 heavy (non-hydrogen) atoms. The highest BCUT2D eigenvalue weighted by atomic mass is 16.2. The molecule has 0 unspecified atom stereocenters. The second-order valence-corrected chi connectivity index (χ2v) is 6.00. The molecule has 0 radical (unpaired) electrons. The molecule has 0 aliphatic carbocycles. The Labute approximate surface area is 150 Å². The summed E-state index contributed by atoms with van der Waals surface area (Å²) >= 11 is 0. The van der Waals surface area contributed by atoms with E-state index in [1.165, 1.54) is 0 Å². The number of nitrogens with two attached hydrogens (primary N) is 1. The fraction of sp³-hybridized carbons (Fsp3) is 0.200. The van der Waals surface area contributed by atoms with E-state index in [4.69, 9.17) is 11.0 Å². The summed E-state index contributed by atoms with van der Waals surface area (Å²) in [5.74, 6) is -0.987. The number of carbonyl (C=O) groups is 2. The molecule has 0 saturated heterocycles. The van der Waals surface area contributed by atoms with E-state index in [2.05, 4.69) is 10.3 Å². The Hall–Kier alpha value is -3.46. The minimum atomic E-state index is -0.818. The molecule has 1 atom stereocenters. The van der Waals surface area contributed by atoms with Crippen molar-refractivity contribution in [2.24, 2.45) is 5.73 Å². The number of primary amides is 1. The van der Waals surface area contributed by atoms with Gasteiger partial charge in [0.2, 0.25) is 5.91 Å². The Morgan fingerprint density at radius 2 is 1.65 bits per heavy atom. The third-order valence-electron chi connectivity index (χ3n) is 4.24. The number of nitrogens with one attached hydrogen (secondary N) is 1. The van der Waals surface area contributed by atoms with E-state index in [-0.39, 0.29) is 5.91 Å². The number of amides is 2. The maximum Gasteiger partial charge on any atom is 0.253 e. The fourth-order valence-corrected chi connectivity index (χ4v) is 2.99. The topological polar surface area (TPSA) is 109 Å². The van der Waals surface area contributed by atoms with Gasteiger partial charge in [-0.05, 0) is 25.0 Å². The van der Waals surface area contributed by atoms with Crippen LogP contribution in [0.25, 0.3) is 21.8 Å². The van der Waals surface area contributed by atoms with E-state index in [0.29, 0.717) is 46.6 Å². The average Bonchev–Trinajstić information content (AvgIpc) is 2.65. The normalized spacial score (nSPS) is 11.8. The van der Waals surface area contributed by atoms with Gasteiger partial charge in [0.05, 0.1) is 22.7 Å². The molecule has 130 valence electrons. The summed E-state index contributed by atoms with van der Waals surface area (Å²) in [5.41, 5.74) is 7.30. The first-order valence-corrected chi connectivity index (χ1v) is 8.36. The van der Waals surface area contributed by atoms with Gasteiger partial charge in [-0.1, -0.05) is 36.4 Å². The molecule has 2 amide bonds. The van der Waals surface area contributed by atoms with E-state index < -0.39 is 11.9 Å². The summed E-state index contributed by atoms with van der Waals surface area (Å²) in [7, 11) is 0. The van der Waals surface area contributed by atoms with Crippen LogP contribution in [0.3, 0.4) is 0 Å². The number of nitrogens with zero attached hydrogens (tertiary/aromatic N) is 2. The number of fused-ring (bicyclic) bond motifs is 2. The molecule has 0 aliphatic heterocycles. The van der Waals surface area contributed by atoms with Gasteiger partial charge < -0.3 is 11.1 Å². The number of para-hydroxylation sites is 2. The Kier molecular flexibility index (Phi) is 5.09. The smallest absolute Gasteiger partial charge is 0.253 e. The lowest BCUT2D eigenvalue weighted by molar-refractivity contribution is -0.120. The van der Waals surface area contributed by atoms with Crippen LogP contribution in [0.4, 0.5) is 0 Å². The molecule has 2 aromatic carbocycles. The van der Waals surface area contributed by atoms with E-state index in [1.807, 2.05) is 54.6 Å². The van der Waals surface area contributed by atoms with Gasteiger partial charge in [0.15, 0.2) is 0 Å². The zero-order valence-corrected chi connectivity index (χ0v) is 14.1. The molecule has 0 fully saturated rings. The highest BCUT2D eigenvalue weighted by Gasteiger charge is 2.22. The van der Waals surface area contributed by atoms with Crippen molar-refractivity contribution in [2.45, 2.75) is 25.3 Å². The predicted octanol–water partition coefficient (Wildman–Crippen LogP) is 2.67. The summed E-state index contributed by atoms with van der Waals surface area (Å²) in [6.07, 6.45) is 1.12. The van der Waals surface area contributed by atoms with Crippen molar-refractivity contribution >= 4 is 33.6 Å². The summed E-state index contributed by atoms with van der Waals surface area (Å²) in [6, 6.07) is 16.0. The standard InChI is InChI=1S/C20H18N4O2/c21-12-6-5-11-17(19(22)25)24-20(26)18-13-7-1-3-9-15(13)23-16-10-4-2-8-14(16)18/h1-4,7-10,17H,5-6,11H2,(H2,22,25)(H,24,26)/t17-/m1/s1. The van der Waals surface area contributed by atoms with Crippen LogP contribution in [0.15, 0.2) is 48.5 Å². The van der Waals surface area contributed by atoms with Gasteiger partial charge in [-0.3, -0.25) is 9.59 Å². The third kappa shape index (κ3) is 3.47. The van der Waals surface area contributed by atoms with Crippen LogP contribution in [-0.4, -0.2) is 22.8 Å². The van der Waals surface area contributed by atoms with Gasteiger partial charge in [-0.25, -0.2) is 4.98 Å². The van der Waals surface area contributed by atoms with Gasteiger partial charge in [0, 0.05) is 17.2 Å². The van der Waals surface area contributed by atoms with Crippen molar-refractivity contribution in [3.63, 3.8) is 0 Å². The van der Waals surface area contributed by atoms with Crippen LogP contribution >= 0.6 is 0 Å². The summed E-state index contributed by atoms with van der Waals surface area (Å²) in [5, 5.41) is 12.8. The zero-order chi connectivity index (χ0) is 18.5. The van der Waals surface area contributed by atoms with Gasteiger partial charge in [-0.15, -0.1) is 0 Å². The number of rotatable bonds is 6. The first kappa shape index (κ1) is 17.4. The molecule has 0 spiro atoms. The molecular weight excluding hydrogens is 328 g/mol. The van der Waals surface area contributed by atoms with Crippen LogP contribution in [0.5, 0.6) is 0 Å². The van der Waals surface area contributed by atoms with E-state index >= 15 is 0 Å². The van der Waals surface area contributed by atoms with Gasteiger partial charge >= 0.3 is 0 Å². The highest BCUT2D eigenvalue weighted by molar-refractivity contribution is 6.16. The first-order chi connectivity index (χ1) is 12.6. The SMILES string of the molecule is N#CCCC[C@@H](NC(=O)c1c2ccccc2nc2ccccc12)C(N)=O. The predicted molar refractivity (Wildman–Crippen MR) is 99.2 cm³/mol. The Morgan fingerprint density at radius 3 is 2.19 bits per heavy atom. The number of carbonyl (C=O) groups excluding carboxylic acids is 2. The molecule has 0 bridgehead atoms. The maximum absolute atomic E-state index is 13.0. The van der Waals surface area contributed by atoms with Crippen LogP contribution in [0.2, 0.25) is 0 Å². The minimum absolute atomic E-state index is 0.306. The lowest BCUT2D eigenvalue weighted by Gasteiger charge is -2.17. The molecule has 1 heterocycles. The van der Waals surface area contributed by atoms with Crippen molar-refractivity contribution in [1.82, 2.24) is 10.3 Å². The average molecular weight is 346 g/mol. The molecule has 0 saturated carbocycles. The molecule has 3 aromatic rings. The summed E-state index contributed by atoms with van der Waals surface area (Å²) < 4.78 is 0. The van der Waals surface area contributed by atoms with Gasteiger partial charge in [0.1, 0.15) is 6.04 Å². The van der Waals surface area contributed by atoms with E-state index in [9.17, 15) is 9.59 Å². The van der Waals surface area contributed by atoms with E-state index in [0.717, 1.165) is 0 Å². The maximum atomic E-state index is 13.0. The first-order valence-electron chi connectivity index (χ1n) is 8.36. The number of unbranched alkanes of at least 4 members (excludes halogenated alkanes) is 1. The van der Waals surface area contributed by atoms with Gasteiger partial charge in [0.25, 0.3) is 5.91 Å². The number of hydrogen-bond donors (Lipinski definition) is 2. The number of nitriles is 1. The number of aromatic nitrogens is 1. The number of hydrogen-bond acceptors (Lipinski definition) is 4. The van der Waals surface area contributed by atoms with Gasteiger partial charge in [-0.2, -0.15) is 5.26 Å². The highest BCUT2D eigenvalue weighted by Crippen LogP contribution is 2.26. The van der Waals surface area contributed by atoms with Crippen molar-refractivity contribution < 1.29 is 9.59 Å². The second-order valence-electron chi connectivity index (χ2n) is 6.00. The monoisotopic (exact) mass is 346 g/mol. The quantitative estimate of drug-likeness (QED) is 0.528.